The fourth-order valence-corrected chi connectivity index (χ4v) is 1.91. The van der Waals surface area contributed by atoms with Gasteiger partial charge in [0, 0.05) is 16.1 Å². The van der Waals surface area contributed by atoms with Gasteiger partial charge < -0.3 is 4.42 Å². The number of hydrogen-bond acceptors (Lipinski definition) is 2. The first-order valence-corrected chi connectivity index (χ1v) is 5.07. The number of hydrogen-bond donors (Lipinski definition) is 0. The molecule has 14 heavy (non-hydrogen) atoms. The molecule has 3 rings (SSSR count). The molecule has 2 nitrogen and oxygen atoms in total. The topological polar surface area (TPSA) is 26.0 Å². The largest absolute Gasteiger partial charge is 0.454 e. The lowest BCUT2D eigenvalue weighted by Crippen LogP contribution is -1.70. The Kier molecular flexibility index (Phi) is 1.61. The quantitative estimate of drug-likeness (QED) is 0.605. The zero-order chi connectivity index (χ0) is 9.54. The highest BCUT2D eigenvalue weighted by Gasteiger charge is 2.06. The van der Waals surface area contributed by atoms with Crippen molar-refractivity contribution in [3.05, 3.63) is 41.0 Å². The normalized spacial score (nSPS) is 11.2. The number of nitrogens with zero attached hydrogens (tertiary/aromatic N) is 1. The predicted molar refractivity (Wildman–Crippen MR) is 59.2 cm³/mol. The van der Waals surface area contributed by atoms with Crippen LogP contribution >= 0.6 is 15.9 Å². The summed E-state index contributed by atoms with van der Waals surface area (Å²) in [6, 6.07) is 9.76. The molecule has 1 aromatic carbocycles. The van der Waals surface area contributed by atoms with Gasteiger partial charge in [0.1, 0.15) is 11.1 Å². The van der Waals surface area contributed by atoms with Crippen LogP contribution < -0.4 is 0 Å². The Morgan fingerprint density at radius 3 is 3.00 bits per heavy atom. The smallest absolute Gasteiger partial charge is 0.153 e. The standard InChI is InChI=1S/C11H6BrNO/c12-7-3-4-8-10(6-7)14-9-2-1-5-13-11(8)9/h1-6H. The zero-order valence-corrected chi connectivity index (χ0v) is 8.78. The molecule has 0 radical (unpaired) electrons. The van der Waals surface area contributed by atoms with Gasteiger partial charge in [0.15, 0.2) is 5.58 Å². The van der Waals surface area contributed by atoms with Gasteiger partial charge in [-0.1, -0.05) is 15.9 Å². The summed E-state index contributed by atoms with van der Waals surface area (Å²) in [4.78, 5) is 4.29. The van der Waals surface area contributed by atoms with Gasteiger partial charge in [-0.2, -0.15) is 0 Å². The van der Waals surface area contributed by atoms with E-state index in [4.69, 9.17) is 4.42 Å². The van der Waals surface area contributed by atoms with E-state index in [0.717, 1.165) is 26.5 Å². The Morgan fingerprint density at radius 1 is 1.14 bits per heavy atom. The summed E-state index contributed by atoms with van der Waals surface area (Å²) in [7, 11) is 0. The number of pyridine rings is 1. The highest BCUT2D eigenvalue weighted by molar-refractivity contribution is 9.10. The van der Waals surface area contributed by atoms with Crippen molar-refractivity contribution < 1.29 is 4.42 Å². The molecular formula is C11H6BrNO. The molecule has 0 aliphatic rings. The van der Waals surface area contributed by atoms with E-state index in [1.54, 1.807) is 6.20 Å². The molecule has 0 bridgehead atoms. The van der Waals surface area contributed by atoms with Crippen LogP contribution in [0.5, 0.6) is 0 Å². The van der Waals surface area contributed by atoms with Crippen LogP contribution in [0.4, 0.5) is 0 Å². The van der Waals surface area contributed by atoms with Crippen molar-refractivity contribution in [2.24, 2.45) is 0 Å². The number of halogens is 1. The summed E-state index contributed by atoms with van der Waals surface area (Å²) >= 11 is 3.41. The Bertz CT molecular complexity index is 615. The molecule has 0 fully saturated rings. The van der Waals surface area contributed by atoms with Crippen molar-refractivity contribution in [3.63, 3.8) is 0 Å². The molecule has 0 amide bonds. The van der Waals surface area contributed by atoms with Gasteiger partial charge in [-0.25, -0.2) is 0 Å². The van der Waals surface area contributed by atoms with Gasteiger partial charge in [0.2, 0.25) is 0 Å². The van der Waals surface area contributed by atoms with E-state index in [-0.39, 0.29) is 0 Å². The lowest BCUT2D eigenvalue weighted by Gasteiger charge is -1.88. The highest BCUT2D eigenvalue weighted by Crippen LogP contribution is 2.28. The van der Waals surface area contributed by atoms with E-state index in [1.165, 1.54) is 0 Å². The Hall–Kier alpha value is -1.35. The van der Waals surface area contributed by atoms with Gasteiger partial charge >= 0.3 is 0 Å². The lowest BCUT2D eigenvalue weighted by atomic mass is 10.2. The van der Waals surface area contributed by atoms with E-state index in [1.807, 2.05) is 30.3 Å². The fourth-order valence-electron chi connectivity index (χ4n) is 1.57. The highest BCUT2D eigenvalue weighted by atomic mass is 79.9. The van der Waals surface area contributed by atoms with Crippen LogP contribution in [0.2, 0.25) is 0 Å². The van der Waals surface area contributed by atoms with Gasteiger partial charge in [-0.05, 0) is 30.3 Å². The molecule has 0 spiro atoms. The van der Waals surface area contributed by atoms with Crippen molar-refractivity contribution in [3.8, 4) is 0 Å². The van der Waals surface area contributed by atoms with Crippen LogP contribution in [-0.4, -0.2) is 4.98 Å². The minimum atomic E-state index is 0.834. The molecule has 0 aliphatic carbocycles. The summed E-state index contributed by atoms with van der Waals surface area (Å²) in [5.41, 5.74) is 2.63. The zero-order valence-electron chi connectivity index (χ0n) is 7.20. The van der Waals surface area contributed by atoms with Gasteiger partial charge in [0.05, 0.1) is 0 Å². The van der Waals surface area contributed by atoms with E-state index in [9.17, 15) is 0 Å². The maximum atomic E-state index is 5.64. The lowest BCUT2D eigenvalue weighted by molar-refractivity contribution is 0.668. The van der Waals surface area contributed by atoms with Crippen molar-refractivity contribution in [2.75, 3.05) is 0 Å². The third kappa shape index (κ3) is 1.06. The fraction of sp³-hybridized carbons (Fsp3) is 0. The van der Waals surface area contributed by atoms with E-state index >= 15 is 0 Å². The van der Waals surface area contributed by atoms with Gasteiger partial charge in [-0.15, -0.1) is 0 Å². The summed E-state index contributed by atoms with van der Waals surface area (Å²) in [6.07, 6.45) is 1.78. The summed E-state index contributed by atoms with van der Waals surface area (Å²) in [6.45, 7) is 0. The third-order valence-corrected chi connectivity index (χ3v) is 2.68. The van der Waals surface area contributed by atoms with Crippen LogP contribution in [0.25, 0.3) is 22.1 Å². The summed E-state index contributed by atoms with van der Waals surface area (Å²) in [5, 5.41) is 1.06. The maximum absolute atomic E-state index is 5.64. The average molecular weight is 248 g/mol. The molecule has 0 saturated carbocycles. The first-order chi connectivity index (χ1) is 6.84. The maximum Gasteiger partial charge on any atom is 0.153 e. The van der Waals surface area contributed by atoms with E-state index in [2.05, 4.69) is 20.9 Å². The molecule has 2 heterocycles. The number of fused-ring (bicyclic) bond motifs is 3. The van der Waals surface area contributed by atoms with Gasteiger partial charge in [0.25, 0.3) is 0 Å². The molecule has 0 unspecified atom stereocenters. The number of benzene rings is 1. The van der Waals surface area contributed by atoms with Crippen molar-refractivity contribution in [2.45, 2.75) is 0 Å². The molecule has 0 atom stereocenters. The third-order valence-electron chi connectivity index (χ3n) is 2.19. The monoisotopic (exact) mass is 247 g/mol. The van der Waals surface area contributed by atoms with Crippen LogP contribution in [0, 0.1) is 0 Å². The SMILES string of the molecule is Brc1ccc2c(c1)oc1cccnc12. The van der Waals surface area contributed by atoms with Crippen LogP contribution in [0.1, 0.15) is 0 Å². The van der Waals surface area contributed by atoms with Gasteiger partial charge in [-0.3, -0.25) is 4.98 Å². The summed E-state index contributed by atoms with van der Waals surface area (Å²) in [5.74, 6) is 0. The van der Waals surface area contributed by atoms with E-state index < -0.39 is 0 Å². The number of rotatable bonds is 0. The molecule has 68 valence electrons. The van der Waals surface area contributed by atoms with Crippen LogP contribution in [-0.2, 0) is 0 Å². The second kappa shape index (κ2) is 2.82. The number of furan rings is 1. The minimum Gasteiger partial charge on any atom is -0.454 e. The molecule has 3 aromatic rings. The van der Waals surface area contributed by atoms with Crippen molar-refractivity contribution >= 4 is 38.0 Å². The average Bonchev–Trinajstić information content (AvgIpc) is 2.54. The number of aromatic nitrogens is 1. The molecule has 2 aromatic heterocycles. The first kappa shape index (κ1) is 8.00. The van der Waals surface area contributed by atoms with Crippen molar-refractivity contribution in [1.29, 1.82) is 0 Å². The summed E-state index contributed by atoms with van der Waals surface area (Å²) < 4.78 is 6.66. The molecular weight excluding hydrogens is 242 g/mol. The van der Waals surface area contributed by atoms with Crippen LogP contribution in [0.15, 0.2) is 45.4 Å². The molecule has 0 N–H and O–H groups in total. The van der Waals surface area contributed by atoms with Crippen molar-refractivity contribution in [1.82, 2.24) is 4.98 Å². The Balaban J connectivity index is 2.57. The first-order valence-electron chi connectivity index (χ1n) is 4.27. The second-order valence-electron chi connectivity index (χ2n) is 3.09. The molecule has 3 heteroatoms. The predicted octanol–water partition coefficient (Wildman–Crippen LogP) is 3.74. The van der Waals surface area contributed by atoms with E-state index in [0.29, 0.717) is 0 Å². The minimum absolute atomic E-state index is 0.834. The Morgan fingerprint density at radius 2 is 2.07 bits per heavy atom. The second-order valence-corrected chi connectivity index (χ2v) is 4.01. The Labute approximate surface area is 88.7 Å². The molecule has 0 aliphatic heterocycles. The van der Waals surface area contributed by atoms with Crippen LogP contribution in [0.3, 0.4) is 0 Å². The molecule has 0 saturated heterocycles.